The first kappa shape index (κ1) is 10.5. The Labute approximate surface area is 105 Å². The van der Waals surface area contributed by atoms with Crippen molar-refractivity contribution in [2.45, 2.75) is 6.42 Å². The third-order valence-corrected chi connectivity index (χ3v) is 2.87. The highest BCUT2D eigenvalue weighted by Crippen LogP contribution is 2.20. The van der Waals surface area contributed by atoms with E-state index < -0.39 is 0 Å². The van der Waals surface area contributed by atoms with Crippen molar-refractivity contribution in [3.05, 3.63) is 60.4 Å². The third kappa shape index (κ3) is 1.85. The fourth-order valence-corrected chi connectivity index (χ4v) is 2.01. The summed E-state index contributed by atoms with van der Waals surface area (Å²) in [6, 6.07) is 16.0. The average molecular weight is 233 g/mol. The summed E-state index contributed by atoms with van der Waals surface area (Å²) < 4.78 is 1.99. The molecule has 0 N–H and O–H groups in total. The molecule has 0 spiro atoms. The van der Waals surface area contributed by atoms with Crippen LogP contribution in [-0.4, -0.2) is 9.38 Å². The van der Waals surface area contributed by atoms with Crippen molar-refractivity contribution in [1.82, 2.24) is 9.38 Å². The van der Waals surface area contributed by atoms with Crippen LogP contribution in [0.5, 0.6) is 0 Å². The van der Waals surface area contributed by atoms with Gasteiger partial charge in [-0.05, 0) is 23.8 Å². The van der Waals surface area contributed by atoms with Crippen molar-refractivity contribution in [1.29, 1.82) is 5.26 Å². The van der Waals surface area contributed by atoms with Crippen LogP contribution in [0, 0.1) is 11.3 Å². The van der Waals surface area contributed by atoms with Crippen molar-refractivity contribution in [3.8, 4) is 17.3 Å². The highest BCUT2D eigenvalue weighted by atomic mass is 15.0. The van der Waals surface area contributed by atoms with Crippen LogP contribution >= 0.6 is 0 Å². The van der Waals surface area contributed by atoms with Crippen molar-refractivity contribution in [3.63, 3.8) is 0 Å². The summed E-state index contributed by atoms with van der Waals surface area (Å²) in [6.07, 6.45) is 4.41. The number of benzene rings is 1. The van der Waals surface area contributed by atoms with Crippen molar-refractivity contribution >= 4 is 5.65 Å². The van der Waals surface area contributed by atoms with Gasteiger partial charge in [0.15, 0.2) is 0 Å². The van der Waals surface area contributed by atoms with E-state index in [1.54, 1.807) is 0 Å². The predicted octanol–water partition coefficient (Wildman–Crippen LogP) is 3.07. The monoisotopic (exact) mass is 233 g/mol. The van der Waals surface area contributed by atoms with Gasteiger partial charge in [0, 0.05) is 18.0 Å². The summed E-state index contributed by atoms with van der Waals surface area (Å²) in [5.41, 5.74) is 3.93. The Balaban J connectivity index is 2.08. The topological polar surface area (TPSA) is 41.1 Å². The predicted molar refractivity (Wildman–Crippen MR) is 69.9 cm³/mol. The lowest BCUT2D eigenvalue weighted by atomic mass is 10.1. The van der Waals surface area contributed by atoms with E-state index >= 15 is 0 Å². The quantitative estimate of drug-likeness (QED) is 0.682. The number of aromatic nitrogens is 2. The van der Waals surface area contributed by atoms with Gasteiger partial charge in [-0.3, -0.25) is 0 Å². The molecule has 1 aromatic carbocycles. The standard InChI is InChI=1S/C15H11N3/c16-8-7-12-4-3-5-13(10-12)14-11-18-9-2-1-6-15(18)17-14/h1-6,9-11H,7H2. The van der Waals surface area contributed by atoms with Crippen LogP contribution < -0.4 is 0 Å². The molecule has 2 aromatic heterocycles. The lowest BCUT2D eigenvalue weighted by molar-refractivity contribution is 1.19. The molecule has 3 heteroatoms. The Morgan fingerprint density at radius 3 is 2.94 bits per heavy atom. The van der Waals surface area contributed by atoms with Crippen LogP contribution in [0.4, 0.5) is 0 Å². The zero-order valence-electron chi connectivity index (χ0n) is 9.74. The second-order valence-corrected chi connectivity index (χ2v) is 4.13. The van der Waals surface area contributed by atoms with E-state index in [0.717, 1.165) is 22.5 Å². The van der Waals surface area contributed by atoms with Crippen LogP contribution in [0.3, 0.4) is 0 Å². The second kappa shape index (κ2) is 4.34. The van der Waals surface area contributed by atoms with E-state index in [-0.39, 0.29) is 0 Å². The SMILES string of the molecule is N#CCc1cccc(-c2cn3ccccc3n2)c1. The first-order valence-corrected chi connectivity index (χ1v) is 5.77. The smallest absolute Gasteiger partial charge is 0.137 e. The summed E-state index contributed by atoms with van der Waals surface area (Å²) in [6.45, 7) is 0. The molecular weight excluding hydrogens is 222 g/mol. The lowest BCUT2D eigenvalue weighted by Gasteiger charge is -1.98. The lowest BCUT2D eigenvalue weighted by Crippen LogP contribution is -1.83. The van der Waals surface area contributed by atoms with Gasteiger partial charge >= 0.3 is 0 Å². The molecule has 0 unspecified atom stereocenters. The zero-order valence-corrected chi connectivity index (χ0v) is 9.74. The number of rotatable bonds is 2. The van der Waals surface area contributed by atoms with Crippen LogP contribution in [0.25, 0.3) is 16.9 Å². The summed E-state index contributed by atoms with van der Waals surface area (Å²) in [7, 11) is 0. The van der Waals surface area contributed by atoms with Crippen molar-refractivity contribution in [2.24, 2.45) is 0 Å². The molecule has 0 amide bonds. The Morgan fingerprint density at radius 1 is 1.17 bits per heavy atom. The fraction of sp³-hybridized carbons (Fsp3) is 0.0667. The van der Waals surface area contributed by atoms with Crippen LogP contribution in [0.1, 0.15) is 5.56 Å². The Hall–Kier alpha value is -2.60. The highest BCUT2D eigenvalue weighted by molar-refractivity contribution is 5.63. The summed E-state index contributed by atoms with van der Waals surface area (Å²) in [4.78, 5) is 4.56. The Bertz CT molecular complexity index is 702. The molecule has 0 saturated heterocycles. The molecule has 3 rings (SSSR count). The molecule has 0 atom stereocenters. The first-order valence-electron chi connectivity index (χ1n) is 5.77. The van der Waals surface area contributed by atoms with Gasteiger partial charge in [-0.25, -0.2) is 4.98 Å². The van der Waals surface area contributed by atoms with Crippen LogP contribution in [0.15, 0.2) is 54.9 Å². The molecule has 0 aliphatic carbocycles. The summed E-state index contributed by atoms with van der Waals surface area (Å²) >= 11 is 0. The van der Waals surface area contributed by atoms with Gasteiger partial charge < -0.3 is 4.40 Å². The molecule has 0 bridgehead atoms. The minimum absolute atomic E-state index is 0.432. The summed E-state index contributed by atoms with van der Waals surface area (Å²) in [5.74, 6) is 0. The van der Waals surface area contributed by atoms with Gasteiger partial charge in [0.25, 0.3) is 0 Å². The van der Waals surface area contributed by atoms with Gasteiger partial charge in [-0.15, -0.1) is 0 Å². The number of imidazole rings is 1. The minimum Gasteiger partial charge on any atom is -0.306 e. The highest BCUT2D eigenvalue weighted by Gasteiger charge is 2.04. The van der Waals surface area contributed by atoms with E-state index in [2.05, 4.69) is 11.1 Å². The minimum atomic E-state index is 0.432. The van der Waals surface area contributed by atoms with Crippen molar-refractivity contribution in [2.75, 3.05) is 0 Å². The molecule has 0 radical (unpaired) electrons. The number of hydrogen-bond donors (Lipinski definition) is 0. The molecular formula is C15H11N3. The Morgan fingerprint density at radius 2 is 2.11 bits per heavy atom. The van der Waals surface area contributed by atoms with E-state index in [1.165, 1.54) is 0 Å². The molecule has 0 aliphatic rings. The number of hydrogen-bond acceptors (Lipinski definition) is 2. The number of nitriles is 1. The van der Waals surface area contributed by atoms with Gasteiger partial charge in [-0.2, -0.15) is 5.26 Å². The largest absolute Gasteiger partial charge is 0.306 e. The summed E-state index contributed by atoms with van der Waals surface area (Å²) in [5, 5.41) is 8.73. The van der Waals surface area contributed by atoms with Gasteiger partial charge in [0.05, 0.1) is 18.2 Å². The number of pyridine rings is 1. The second-order valence-electron chi connectivity index (χ2n) is 4.13. The molecule has 3 nitrogen and oxygen atoms in total. The van der Waals surface area contributed by atoms with Crippen LogP contribution in [0.2, 0.25) is 0 Å². The normalized spacial score (nSPS) is 10.4. The maximum Gasteiger partial charge on any atom is 0.137 e. The average Bonchev–Trinajstić information content (AvgIpc) is 2.83. The molecule has 3 aromatic rings. The number of fused-ring (bicyclic) bond motifs is 1. The third-order valence-electron chi connectivity index (χ3n) is 2.87. The van der Waals surface area contributed by atoms with E-state index in [1.807, 2.05) is 59.3 Å². The van der Waals surface area contributed by atoms with E-state index in [9.17, 15) is 0 Å². The van der Waals surface area contributed by atoms with E-state index in [0.29, 0.717) is 6.42 Å². The van der Waals surface area contributed by atoms with E-state index in [4.69, 9.17) is 5.26 Å². The number of nitrogens with zero attached hydrogens (tertiary/aromatic N) is 3. The van der Waals surface area contributed by atoms with Crippen LogP contribution in [-0.2, 0) is 6.42 Å². The molecule has 2 heterocycles. The fourth-order valence-electron chi connectivity index (χ4n) is 2.01. The maximum atomic E-state index is 8.73. The zero-order chi connectivity index (χ0) is 12.4. The first-order chi connectivity index (χ1) is 8.86. The Kier molecular flexibility index (Phi) is 2.54. The van der Waals surface area contributed by atoms with Gasteiger partial charge in [0.1, 0.15) is 5.65 Å². The maximum absolute atomic E-state index is 8.73. The van der Waals surface area contributed by atoms with Gasteiger partial charge in [-0.1, -0.05) is 24.3 Å². The molecule has 0 aliphatic heterocycles. The molecule has 0 fully saturated rings. The molecule has 18 heavy (non-hydrogen) atoms. The van der Waals surface area contributed by atoms with Crippen molar-refractivity contribution < 1.29 is 0 Å². The molecule has 86 valence electrons. The molecule has 0 saturated carbocycles. The van der Waals surface area contributed by atoms with Gasteiger partial charge in [0.2, 0.25) is 0 Å².